The highest BCUT2D eigenvalue weighted by Gasteiger charge is 2.15. The van der Waals surface area contributed by atoms with Gasteiger partial charge in [0.25, 0.3) is 0 Å². The van der Waals surface area contributed by atoms with E-state index in [9.17, 15) is 13.6 Å². The number of aromatic nitrogens is 4. The summed E-state index contributed by atoms with van der Waals surface area (Å²) in [7, 11) is 1.86. The highest BCUT2D eigenvalue weighted by Crippen LogP contribution is 2.27. The Labute approximate surface area is 185 Å². The van der Waals surface area contributed by atoms with Crippen molar-refractivity contribution < 1.29 is 13.6 Å². The number of amides is 1. The summed E-state index contributed by atoms with van der Waals surface area (Å²) in [6.45, 7) is 2.01. The topological polar surface area (TPSA) is 72.7 Å². The summed E-state index contributed by atoms with van der Waals surface area (Å²) in [5.74, 6) is -1.26. The van der Waals surface area contributed by atoms with E-state index in [1.54, 1.807) is 5.38 Å². The van der Waals surface area contributed by atoms with Crippen molar-refractivity contribution >= 4 is 34.1 Å². The molecule has 0 aliphatic rings. The van der Waals surface area contributed by atoms with E-state index < -0.39 is 11.6 Å². The van der Waals surface area contributed by atoms with Gasteiger partial charge in [-0.15, -0.1) is 21.5 Å². The molecule has 6 nitrogen and oxygen atoms in total. The molecule has 4 aromatic rings. The van der Waals surface area contributed by atoms with E-state index in [1.807, 2.05) is 42.8 Å². The Balaban J connectivity index is 1.39. The lowest BCUT2D eigenvalue weighted by Crippen LogP contribution is -2.14. The Hall–Kier alpha value is -3.11. The average Bonchev–Trinajstić information content (AvgIpc) is 3.36. The normalized spacial score (nSPS) is 11.0. The second-order valence-electron chi connectivity index (χ2n) is 6.68. The Bertz CT molecular complexity index is 1250. The van der Waals surface area contributed by atoms with E-state index in [2.05, 4.69) is 20.5 Å². The Kier molecular flexibility index (Phi) is 6.10. The van der Waals surface area contributed by atoms with Crippen LogP contribution >= 0.6 is 23.1 Å². The Morgan fingerprint density at radius 2 is 1.97 bits per heavy atom. The van der Waals surface area contributed by atoms with Gasteiger partial charge in [-0.05, 0) is 30.7 Å². The fraction of sp³-hybridized carbons (Fsp3) is 0.143. The maximum atomic E-state index is 13.4. The van der Waals surface area contributed by atoms with E-state index >= 15 is 0 Å². The van der Waals surface area contributed by atoms with Crippen LogP contribution in [-0.2, 0) is 11.8 Å². The number of anilines is 1. The van der Waals surface area contributed by atoms with E-state index in [0.29, 0.717) is 21.5 Å². The van der Waals surface area contributed by atoms with Crippen molar-refractivity contribution in [3.05, 3.63) is 65.0 Å². The van der Waals surface area contributed by atoms with Gasteiger partial charge in [0.05, 0.1) is 11.4 Å². The first-order valence-electron chi connectivity index (χ1n) is 9.21. The van der Waals surface area contributed by atoms with Crippen LogP contribution in [0, 0.1) is 18.6 Å². The average molecular weight is 458 g/mol. The number of carbonyl (C=O) groups is 1. The van der Waals surface area contributed by atoms with Gasteiger partial charge in [-0.3, -0.25) is 4.79 Å². The van der Waals surface area contributed by atoms with Crippen LogP contribution in [0.15, 0.2) is 53.0 Å². The van der Waals surface area contributed by atoms with Crippen molar-refractivity contribution in [3.8, 4) is 22.6 Å². The molecule has 0 radical (unpaired) electrons. The van der Waals surface area contributed by atoms with Crippen LogP contribution in [0.2, 0.25) is 0 Å². The molecule has 0 bridgehead atoms. The van der Waals surface area contributed by atoms with E-state index in [0.717, 1.165) is 29.1 Å². The summed E-state index contributed by atoms with van der Waals surface area (Å²) in [5, 5.41) is 13.8. The molecular weight excluding hydrogens is 440 g/mol. The zero-order valence-corrected chi connectivity index (χ0v) is 18.2. The number of rotatable bonds is 6. The van der Waals surface area contributed by atoms with Gasteiger partial charge >= 0.3 is 0 Å². The fourth-order valence-corrected chi connectivity index (χ4v) is 4.35. The van der Waals surface area contributed by atoms with Gasteiger partial charge in [-0.1, -0.05) is 36.0 Å². The predicted octanol–water partition coefficient (Wildman–Crippen LogP) is 4.92. The van der Waals surface area contributed by atoms with E-state index in [-0.39, 0.29) is 11.7 Å². The Morgan fingerprint density at radius 3 is 2.74 bits per heavy atom. The SMILES string of the molecule is Cc1ccccc1-c1nnc(SCC(=O)Nc2nc(-c3ccc(F)c(F)c3)cs2)n1C. The molecule has 0 spiro atoms. The summed E-state index contributed by atoms with van der Waals surface area (Å²) in [5.41, 5.74) is 2.98. The third-order valence-corrected chi connectivity index (χ3v) is 6.30. The summed E-state index contributed by atoms with van der Waals surface area (Å²) < 4.78 is 28.4. The number of nitrogens with one attached hydrogen (secondary N) is 1. The molecule has 0 saturated heterocycles. The lowest BCUT2D eigenvalue weighted by molar-refractivity contribution is -0.113. The number of hydrogen-bond donors (Lipinski definition) is 1. The van der Waals surface area contributed by atoms with Gasteiger partial charge in [0.1, 0.15) is 0 Å². The van der Waals surface area contributed by atoms with Gasteiger partial charge in [-0.25, -0.2) is 13.8 Å². The molecule has 1 N–H and O–H groups in total. The molecule has 0 atom stereocenters. The maximum Gasteiger partial charge on any atom is 0.236 e. The van der Waals surface area contributed by atoms with Crippen LogP contribution in [-0.4, -0.2) is 31.4 Å². The molecule has 31 heavy (non-hydrogen) atoms. The molecule has 0 saturated carbocycles. The highest BCUT2D eigenvalue weighted by atomic mass is 32.2. The first kappa shape index (κ1) is 21.1. The van der Waals surface area contributed by atoms with E-state index in [4.69, 9.17) is 0 Å². The molecule has 2 aromatic heterocycles. The lowest BCUT2D eigenvalue weighted by Gasteiger charge is -2.06. The minimum absolute atomic E-state index is 0.125. The quantitative estimate of drug-likeness (QED) is 0.416. The van der Waals surface area contributed by atoms with E-state index in [1.165, 1.54) is 29.2 Å². The molecular formula is C21H17F2N5OS2. The van der Waals surface area contributed by atoms with Crippen molar-refractivity contribution in [2.45, 2.75) is 12.1 Å². The van der Waals surface area contributed by atoms with Gasteiger partial charge in [-0.2, -0.15) is 0 Å². The lowest BCUT2D eigenvalue weighted by atomic mass is 10.1. The number of halogens is 2. The minimum atomic E-state index is -0.943. The number of benzene rings is 2. The molecule has 1 amide bonds. The number of hydrogen-bond acceptors (Lipinski definition) is 6. The van der Waals surface area contributed by atoms with Gasteiger partial charge in [0.2, 0.25) is 5.91 Å². The molecule has 2 heterocycles. The molecule has 0 fully saturated rings. The van der Waals surface area contributed by atoms with Crippen molar-refractivity contribution in [2.24, 2.45) is 7.05 Å². The second kappa shape index (κ2) is 8.94. The molecule has 10 heteroatoms. The minimum Gasteiger partial charge on any atom is -0.305 e. The van der Waals surface area contributed by atoms with Crippen molar-refractivity contribution in [1.29, 1.82) is 0 Å². The molecule has 2 aromatic carbocycles. The number of nitrogens with zero attached hydrogens (tertiary/aromatic N) is 4. The summed E-state index contributed by atoms with van der Waals surface area (Å²) in [6, 6.07) is 11.5. The standard InChI is InChI=1S/C21H17F2N5OS2/c1-12-5-3-4-6-14(12)19-26-27-21(28(19)2)31-11-18(29)25-20-24-17(10-30-20)13-7-8-15(22)16(23)9-13/h3-10H,11H2,1-2H3,(H,24,25,29). The zero-order chi connectivity index (χ0) is 22.0. The monoisotopic (exact) mass is 457 g/mol. The van der Waals surface area contributed by atoms with Crippen LogP contribution in [0.25, 0.3) is 22.6 Å². The van der Waals surface area contributed by atoms with Crippen molar-refractivity contribution in [1.82, 2.24) is 19.7 Å². The molecule has 4 rings (SSSR count). The first-order valence-corrected chi connectivity index (χ1v) is 11.1. The zero-order valence-electron chi connectivity index (χ0n) is 16.6. The molecule has 0 aliphatic carbocycles. The van der Waals surface area contributed by atoms with Crippen LogP contribution in [0.3, 0.4) is 0 Å². The van der Waals surface area contributed by atoms with Gasteiger partial charge < -0.3 is 9.88 Å². The molecule has 158 valence electrons. The van der Waals surface area contributed by atoms with Crippen molar-refractivity contribution in [3.63, 3.8) is 0 Å². The van der Waals surface area contributed by atoms with Gasteiger partial charge in [0, 0.05) is 23.6 Å². The van der Waals surface area contributed by atoms with Gasteiger partial charge in [0.15, 0.2) is 27.7 Å². The maximum absolute atomic E-state index is 13.4. The summed E-state index contributed by atoms with van der Waals surface area (Å²) >= 11 is 2.47. The summed E-state index contributed by atoms with van der Waals surface area (Å²) in [6.07, 6.45) is 0. The fourth-order valence-electron chi connectivity index (χ4n) is 2.90. The number of aryl methyl sites for hydroxylation is 1. The molecule has 0 aliphatic heterocycles. The first-order chi connectivity index (χ1) is 14.9. The van der Waals surface area contributed by atoms with Crippen LogP contribution in [0.5, 0.6) is 0 Å². The smallest absolute Gasteiger partial charge is 0.236 e. The van der Waals surface area contributed by atoms with Crippen LogP contribution in [0.1, 0.15) is 5.56 Å². The summed E-state index contributed by atoms with van der Waals surface area (Å²) in [4.78, 5) is 16.6. The third kappa shape index (κ3) is 4.64. The highest BCUT2D eigenvalue weighted by molar-refractivity contribution is 7.99. The molecule has 0 unspecified atom stereocenters. The third-order valence-electron chi connectivity index (χ3n) is 4.52. The number of thioether (sulfide) groups is 1. The largest absolute Gasteiger partial charge is 0.305 e. The second-order valence-corrected chi connectivity index (χ2v) is 8.48. The number of carbonyl (C=O) groups excluding carboxylic acids is 1. The van der Waals surface area contributed by atoms with Crippen LogP contribution < -0.4 is 5.32 Å². The number of thiazole rings is 1. The Morgan fingerprint density at radius 1 is 1.16 bits per heavy atom. The van der Waals surface area contributed by atoms with Crippen LogP contribution in [0.4, 0.5) is 13.9 Å². The van der Waals surface area contributed by atoms with Crippen molar-refractivity contribution in [2.75, 3.05) is 11.1 Å². The predicted molar refractivity (Wildman–Crippen MR) is 118 cm³/mol.